The van der Waals surface area contributed by atoms with Crippen molar-refractivity contribution in [1.29, 1.82) is 0 Å². The molecule has 1 N–H and O–H groups in total. The highest BCUT2D eigenvalue weighted by molar-refractivity contribution is 6.05. The Labute approximate surface area is 201 Å². The minimum Gasteiger partial charge on any atom is -0.310 e. The molecule has 182 valence electrons. The zero-order valence-electron chi connectivity index (χ0n) is 19.0. The molecule has 0 saturated heterocycles. The van der Waals surface area contributed by atoms with Gasteiger partial charge in [0.05, 0.1) is 11.1 Å². The van der Waals surface area contributed by atoms with Gasteiger partial charge in [-0.3, -0.25) is 9.48 Å². The number of nitrogens with zero attached hydrogens (tertiary/aromatic N) is 8. The van der Waals surface area contributed by atoms with E-state index in [9.17, 15) is 18.0 Å². The van der Waals surface area contributed by atoms with Crippen LogP contribution in [0.15, 0.2) is 54.9 Å². The van der Waals surface area contributed by atoms with Gasteiger partial charge < -0.3 is 4.90 Å². The highest BCUT2D eigenvalue weighted by Gasteiger charge is 2.30. The van der Waals surface area contributed by atoms with Gasteiger partial charge in [0.15, 0.2) is 11.6 Å². The molecule has 0 aliphatic heterocycles. The monoisotopic (exact) mass is 493 g/mol. The number of aromatic amines is 1. The number of rotatable bonds is 5. The Morgan fingerprint density at radius 1 is 1.14 bits per heavy atom. The number of H-pyrrole nitrogens is 1. The van der Waals surface area contributed by atoms with Gasteiger partial charge in [-0.15, -0.1) is 5.10 Å². The number of nitrogens with one attached hydrogen (secondary N) is 1. The van der Waals surface area contributed by atoms with E-state index in [1.165, 1.54) is 28.0 Å². The summed E-state index contributed by atoms with van der Waals surface area (Å²) in [7, 11) is 1.66. The third-order valence-electron chi connectivity index (χ3n) is 5.65. The topological polar surface area (TPSA) is 118 Å². The lowest BCUT2D eigenvalue weighted by Crippen LogP contribution is -2.29. The highest BCUT2D eigenvalue weighted by Crippen LogP contribution is 2.32. The van der Waals surface area contributed by atoms with E-state index < -0.39 is 11.7 Å². The van der Waals surface area contributed by atoms with Crippen molar-refractivity contribution < 1.29 is 18.0 Å². The molecule has 0 unspecified atom stereocenters. The maximum Gasteiger partial charge on any atom is 0.416 e. The Morgan fingerprint density at radius 3 is 2.69 bits per heavy atom. The molecule has 0 fully saturated rings. The molecule has 5 aromatic rings. The van der Waals surface area contributed by atoms with Gasteiger partial charge in [-0.2, -0.15) is 18.3 Å². The predicted molar refractivity (Wildman–Crippen MR) is 123 cm³/mol. The summed E-state index contributed by atoms with van der Waals surface area (Å²) in [5.41, 5.74) is 2.11. The lowest BCUT2D eigenvalue weighted by atomic mass is 10.1. The lowest BCUT2D eigenvalue weighted by Gasteiger charge is -2.20. The van der Waals surface area contributed by atoms with Crippen LogP contribution in [0.3, 0.4) is 0 Å². The van der Waals surface area contributed by atoms with E-state index in [-0.39, 0.29) is 12.5 Å². The van der Waals surface area contributed by atoms with Crippen LogP contribution in [0.5, 0.6) is 0 Å². The normalized spacial score (nSPS) is 11.7. The van der Waals surface area contributed by atoms with Crippen molar-refractivity contribution in [2.45, 2.75) is 19.6 Å². The quantitative estimate of drug-likeness (QED) is 0.397. The van der Waals surface area contributed by atoms with Gasteiger partial charge >= 0.3 is 6.18 Å². The Balaban J connectivity index is 1.40. The van der Waals surface area contributed by atoms with Crippen LogP contribution in [0.2, 0.25) is 0 Å². The molecule has 0 atom stereocenters. The van der Waals surface area contributed by atoms with E-state index >= 15 is 0 Å². The number of aromatic nitrogens is 8. The summed E-state index contributed by atoms with van der Waals surface area (Å²) in [5.74, 6) is 0.545. The predicted octanol–water partition coefficient (Wildman–Crippen LogP) is 3.66. The molecule has 1 amide bonds. The fourth-order valence-electron chi connectivity index (χ4n) is 3.83. The largest absolute Gasteiger partial charge is 0.416 e. The summed E-state index contributed by atoms with van der Waals surface area (Å²) in [4.78, 5) is 23.4. The smallest absolute Gasteiger partial charge is 0.310 e. The first-order chi connectivity index (χ1) is 17.2. The summed E-state index contributed by atoms with van der Waals surface area (Å²) in [6.45, 7) is 2.05. The first-order valence-corrected chi connectivity index (χ1v) is 10.7. The number of tetrazole rings is 1. The Bertz CT molecular complexity index is 1560. The van der Waals surface area contributed by atoms with Crippen molar-refractivity contribution in [3.05, 3.63) is 77.5 Å². The molecule has 36 heavy (non-hydrogen) atoms. The summed E-state index contributed by atoms with van der Waals surface area (Å²) >= 11 is 0. The van der Waals surface area contributed by atoms with Crippen LogP contribution in [0.4, 0.5) is 18.9 Å². The summed E-state index contributed by atoms with van der Waals surface area (Å²) in [6.07, 6.45) is -1.54. The molecule has 2 aromatic carbocycles. The van der Waals surface area contributed by atoms with Gasteiger partial charge in [0, 0.05) is 36.1 Å². The van der Waals surface area contributed by atoms with Crippen LogP contribution in [0, 0.1) is 6.92 Å². The van der Waals surface area contributed by atoms with Gasteiger partial charge in [-0.25, -0.2) is 15.1 Å². The van der Waals surface area contributed by atoms with Gasteiger partial charge in [-0.1, -0.05) is 0 Å². The molecule has 0 aliphatic rings. The average molecular weight is 493 g/mol. The van der Waals surface area contributed by atoms with Crippen molar-refractivity contribution in [1.82, 2.24) is 40.4 Å². The second-order valence-corrected chi connectivity index (χ2v) is 8.05. The molecule has 0 spiro atoms. The first-order valence-electron chi connectivity index (χ1n) is 10.7. The number of anilines is 1. The fraction of sp³-hybridized carbons (Fsp3) is 0.174. The van der Waals surface area contributed by atoms with E-state index in [2.05, 4.69) is 35.7 Å². The molecule has 0 bridgehead atoms. The second kappa shape index (κ2) is 8.83. The van der Waals surface area contributed by atoms with Crippen molar-refractivity contribution in [2.24, 2.45) is 0 Å². The number of aryl methyl sites for hydroxylation is 1. The number of hydrogen-bond acceptors (Lipinski definition) is 7. The Morgan fingerprint density at radius 2 is 1.97 bits per heavy atom. The third kappa shape index (κ3) is 4.37. The second-order valence-electron chi connectivity index (χ2n) is 8.05. The minimum absolute atomic E-state index is 0.205. The lowest BCUT2D eigenvalue weighted by molar-refractivity contribution is -0.137. The molecule has 0 saturated carbocycles. The number of alkyl halides is 3. The fourth-order valence-corrected chi connectivity index (χ4v) is 3.83. The number of carbonyl (C=O) groups is 1. The molecule has 0 radical (unpaired) electrons. The van der Waals surface area contributed by atoms with Crippen LogP contribution in [-0.2, 0) is 12.7 Å². The summed E-state index contributed by atoms with van der Waals surface area (Å²) < 4.78 is 40.4. The molecule has 3 aromatic heterocycles. The molecule has 13 heteroatoms. The SMILES string of the molecule is Cc1cc(-c2ncc3cc(C(F)(F)F)ccc3n2)ccc1N(C)C(=O)c1ccnn1Cc1nnn[nH]1. The molecule has 5 rings (SSSR count). The van der Waals surface area contributed by atoms with E-state index in [4.69, 9.17) is 0 Å². The van der Waals surface area contributed by atoms with Crippen molar-refractivity contribution in [2.75, 3.05) is 11.9 Å². The van der Waals surface area contributed by atoms with E-state index in [1.54, 1.807) is 25.2 Å². The van der Waals surface area contributed by atoms with Gasteiger partial charge in [0.1, 0.15) is 12.2 Å². The highest BCUT2D eigenvalue weighted by atomic mass is 19.4. The van der Waals surface area contributed by atoms with Crippen LogP contribution in [-0.4, -0.2) is 53.3 Å². The van der Waals surface area contributed by atoms with Gasteiger partial charge in [-0.05, 0) is 65.4 Å². The molecule has 3 heterocycles. The summed E-state index contributed by atoms with van der Waals surface area (Å²) in [6, 6.07) is 10.3. The van der Waals surface area contributed by atoms with E-state index in [0.717, 1.165) is 17.7 Å². The first kappa shape index (κ1) is 23.1. The zero-order chi connectivity index (χ0) is 25.4. The number of halogens is 3. The molecule has 10 nitrogen and oxygen atoms in total. The Kier molecular flexibility index (Phi) is 5.66. The number of carbonyl (C=O) groups excluding carboxylic acids is 1. The van der Waals surface area contributed by atoms with Crippen molar-refractivity contribution in [3.8, 4) is 11.4 Å². The number of hydrogen-bond donors (Lipinski definition) is 1. The standard InChI is InChI=1S/C23H18F3N9O/c1-13-9-14(21-27-11-15-10-16(23(24,25)26)4-5-17(15)29-21)3-6-18(13)34(2)22(36)19-7-8-28-35(19)12-20-30-32-33-31-20/h3-11H,12H2,1-2H3,(H,30,31,32,33). The minimum atomic E-state index is -4.44. The molecular formula is C23H18F3N9O. The van der Waals surface area contributed by atoms with Crippen molar-refractivity contribution >= 4 is 22.5 Å². The maximum atomic E-state index is 13.2. The van der Waals surface area contributed by atoms with E-state index in [0.29, 0.717) is 39.5 Å². The summed E-state index contributed by atoms with van der Waals surface area (Å²) in [5, 5.41) is 18.0. The zero-order valence-corrected chi connectivity index (χ0v) is 19.0. The molecular weight excluding hydrogens is 475 g/mol. The van der Waals surface area contributed by atoms with Crippen molar-refractivity contribution in [3.63, 3.8) is 0 Å². The third-order valence-corrected chi connectivity index (χ3v) is 5.65. The number of benzene rings is 2. The van der Waals surface area contributed by atoms with Crippen LogP contribution >= 0.6 is 0 Å². The average Bonchev–Trinajstić information content (AvgIpc) is 3.54. The van der Waals surface area contributed by atoms with Crippen LogP contribution in [0.1, 0.15) is 27.4 Å². The number of amides is 1. The Hall–Kier alpha value is -4.68. The van der Waals surface area contributed by atoms with E-state index in [1.807, 2.05) is 13.0 Å². The molecule has 0 aliphatic carbocycles. The van der Waals surface area contributed by atoms with Crippen LogP contribution in [0.25, 0.3) is 22.3 Å². The number of fused-ring (bicyclic) bond motifs is 1. The van der Waals surface area contributed by atoms with Gasteiger partial charge in [0.25, 0.3) is 5.91 Å². The maximum absolute atomic E-state index is 13.2. The van der Waals surface area contributed by atoms with Gasteiger partial charge in [0.2, 0.25) is 0 Å². The van der Waals surface area contributed by atoms with Crippen LogP contribution < -0.4 is 4.90 Å².